The third-order valence-corrected chi connectivity index (χ3v) is 5.10. The summed E-state index contributed by atoms with van der Waals surface area (Å²) in [7, 11) is 0. The van der Waals surface area contributed by atoms with E-state index in [4.69, 9.17) is 4.74 Å². The Hall–Kier alpha value is -0.160. The molecule has 0 atom stereocenters. The van der Waals surface area contributed by atoms with Gasteiger partial charge >= 0.3 is 0 Å². The first kappa shape index (κ1) is 17.2. The summed E-state index contributed by atoms with van der Waals surface area (Å²) in [6.45, 7) is 13.7. The van der Waals surface area contributed by atoms with Gasteiger partial charge in [-0.3, -0.25) is 0 Å². The normalized spacial score (nSPS) is 26.1. The van der Waals surface area contributed by atoms with Crippen molar-refractivity contribution in [1.82, 2.24) is 10.2 Å². The van der Waals surface area contributed by atoms with E-state index in [0.717, 1.165) is 71.6 Å². The smallest absolute Gasteiger partial charge is 0.0644 e. The van der Waals surface area contributed by atoms with E-state index in [1.165, 1.54) is 0 Å². The Labute approximate surface area is 130 Å². The summed E-state index contributed by atoms with van der Waals surface area (Å²) in [5, 5.41) is 13.8. The summed E-state index contributed by atoms with van der Waals surface area (Å²) in [5.74, 6) is 0.701. The van der Waals surface area contributed by atoms with Gasteiger partial charge in [0.15, 0.2) is 0 Å². The van der Waals surface area contributed by atoms with E-state index in [2.05, 4.69) is 24.1 Å². The van der Waals surface area contributed by atoms with E-state index in [1.54, 1.807) is 0 Å². The van der Waals surface area contributed by atoms with Crippen LogP contribution in [0.3, 0.4) is 0 Å². The summed E-state index contributed by atoms with van der Waals surface area (Å²) in [5.41, 5.74) is -0.0917. The van der Waals surface area contributed by atoms with Crippen LogP contribution in [0, 0.1) is 11.3 Å². The number of piperidine rings is 1. The number of rotatable bonds is 6. The first-order chi connectivity index (χ1) is 9.91. The summed E-state index contributed by atoms with van der Waals surface area (Å²) in [6.07, 6.45) is 4.12. The molecule has 0 saturated carbocycles. The van der Waals surface area contributed by atoms with Crippen molar-refractivity contribution < 1.29 is 9.84 Å². The first-order valence-corrected chi connectivity index (χ1v) is 8.64. The number of hydrogen-bond donors (Lipinski definition) is 2. The second-order valence-electron chi connectivity index (χ2n) is 7.91. The maximum absolute atomic E-state index is 10.1. The molecule has 2 aliphatic heterocycles. The molecule has 0 unspecified atom stereocenters. The van der Waals surface area contributed by atoms with Gasteiger partial charge < -0.3 is 20.1 Å². The van der Waals surface area contributed by atoms with Gasteiger partial charge in [0.05, 0.1) is 5.60 Å². The largest absolute Gasteiger partial charge is 0.390 e. The summed E-state index contributed by atoms with van der Waals surface area (Å²) in [6, 6.07) is 0. The van der Waals surface area contributed by atoms with Crippen molar-refractivity contribution in [3.8, 4) is 0 Å². The fraction of sp³-hybridized carbons (Fsp3) is 1.00. The zero-order valence-electron chi connectivity index (χ0n) is 14.2. The van der Waals surface area contributed by atoms with Crippen LogP contribution in [0.4, 0.5) is 0 Å². The lowest BCUT2D eigenvalue weighted by molar-refractivity contribution is -0.0389. The molecule has 4 heteroatoms. The van der Waals surface area contributed by atoms with Crippen LogP contribution in [0.2, 0.25) is 0 Å². The third-order valence-electron chi connectivity index (χ3n) is 5.10. The molecule has 0 aromatic carbocycles. The van der Waals surface area contributed by atoms with Crippen LogP contribution in [-0.4, -0.2) is 61.5 Å². The maximum Gasteiger partial charge on any atom is 0.0644 e. The Morgan fingerprint density at radius 3 is 2.33 bits per heavy atom. The number of ether oxygens (including phenoxy) is 1. The number of hydrogen-bond acceptors (Lipinski definition) is 4. The van der Waals surface area contributed by atoms with Gasteiger partial charge in [0, 0.05) is 39.4 Å². The molecule has 0 amide bonds. The summed E-state index contributed by atoms with van der Waals surface area (Å²) < 4.78 is 5.59. The number of nitrogens with one attached hydrogen (secondary N) is 1. The number of likely N-dealkylation sites (tertiary alicyclic amines) is 1. The Kier molecular flexibility index (Phi) is 6.06. The second-order valence-corrected chi connectivity index (χ2v) is 7.91. The van der Waals surface area contributed by atoms with Crippen molar-refractivity contribution in [2.75, 3.05) is 45.9 Å². The molecule has 4 nitrogen and oxygen atoms in total. The van der Waals surface area contributed by atoms with Crippen LogP contribution < -0.4 is 5.32 Å². The van der Waals surface area contributed by atoms with Crippen molar-refractivity contribution in [1.29, 1.82) is 0 Å². The van der Waals surface area contributed by atoms with E-state index in [9.17, 15) is 5.11 Å². The molecule has 2 fully saturated rings. The number of aliphatic hydroxyl groups is 1. The Bertz CT molecular complexity index is 302. The fourth-order valence-electron chi connectivity index (χ4n) is 3.49. The van der Waals surface area contributed by atoms with Gasteiger partial charge in [-0.1, -0.05) is 13.8 Å². The molecule has 2 heterocycles. The molecule has 21 heavy (non-hydrogen) atoms. The molecule has 0 radical (unpaired) electrons. The Morgan fingerprint density at radius 2 is 1.76 bits per heavy atom. The summed E-state index contributed by atoms with van der Waals surface area (Å²) in [4.78, 5) is 2.56. The summed E-state index contributed by atoms with van der Waals surface area (Å²) >= 11 is 0. The lowest BCUT2D eigenvalue weighted by atomic mass is 9.78. The average Bonchev–Trinajstić information content (AvgIpc) is 2.42. The zero-order chi connectivity index (χ0) is 15.3. The van der Waals surface area contributed by atoms with Crippen LogP contribution in [-0.2, 0) is 4.74 Å². The monoisotopic (exact) mass is 298 g/mol. The van der Waals surface area contributed by atoms with Crippen LogP contribution in [0.5, 0.6) is 0 Å². The standard InChI is InChI=1S/C17H34N2O2/c1-15(2)12-18-13-17(6-10-21-11-7-17)14-19-8-4-16(3,20)5-9-19/h15,18,20H,4-14H2,1-3H3. The van der Waals surface area contributed by atoms with Crippen molar-refractivity contribution in [2.24, 2.45) is 11.3 Å². The van der Waals surface area contributed by atoms with Gasteiger partial charge in [-0.2, -0.15) is 0 Å². The first-order valence-electron chi connectivity index (χ1n) is 8.64. The fourth-order valence-corrected chi connectivity index (χ4v) is 3.49. The predicted octanol–water partition coefficient (Wildman–Crippen LogP) is 1.88. The minimum atomic E-state index is -0.449. The quantitative estimate of drug-likeness (QED) is 0.786. The molecule has 2 aliphatic rings. The predicted molar refractivity (Wildman–Crippen MR) is 86.5 cm³/mol. The molecule has 0 aromatic rings. The Balaban J connectivity index is 1.87. The minimum absolute atomic E-state index is 0.357. The molecule has 0 bridgehead atoms. The van der Waals surface area contributed by atoms with Crippen LogP contribution in [0.15, 0.2) is 0 Å². The van der Waals surface area contributed by atoms with Crippen molar-refractivity contribution in [3.63, 3.8) is 0 Å². The SMILES string of the molecule is CC(C)CNCC1(CN2CCC(C)(O)CC2)CCOCC1. The van der Waals surface area contributed by atoms with E-state index < -0.39 is 5.60 Å². The van der Waals surface area contributed by atoms with Gasteiger partial charge in [0.2, 0.25) is 0 Å². The topological polar surface area (TPSA) is 44.7 Å². The Morgan fingerprint density at radius 1 is 1.14 bits per heavy atom. The third kappa shape index (κ3) is 5.51. The van der Waals surface area contributed by atoms with Crippen molar-refractivity contribution in [2.45, 2.75) is 52.1 Å². The lowest BCUT2D eigenvalue weighted by Crippen LogP contribution is -2.51. The lowest BCUT2D eigenvalue weighted by Gasteiger charge is -2.44. The maximum atomic E-state index is 10.1. The van der Waals surface area contributed by atoms with Crippen LogP contribution in [0.25, 0.3) is 0 Å². The minimum Gasteiger partial charge on any atom is -0.390 e. The molecule has 0 aliphatic carbocycles. The van der Waals surface area contributed by atoms with Crippen molar-refractivity contribution >= 4 is 0 Å². The average molecular weight is 298 g/mol. The van der Waals surface area contributed by atoms with Crippen LogP contribution in [0.1, 0.15) is 46.5 Å². The van der Waals surface area contributed by atoms with Gasteiger partial charge in [-0.15, -0.1) is 0 Å². The van der Waals surface area contributed by atoms with Crippen LogP contribution >= 0.6 is 0 Å². The van der Waals surface area contributed by atoms with Gasteiger partial charge in [-0.25, -0.2) is 0 Å². The zero-order valence-corrected chi connectivity index (χ0v) is 14.2. The number of nitrogens with zero attached hydrogens (tertiary/aromatic N) is 1. The van der Waals surface area contributed by atoms with E-state index in [-0.39, 0.29) is 0 Å². The highest BCUT2D eigenvalue weighted by Gasteiger charge is 2.36. The highest BCUT2D eigenvalue weighted by atomic mass is 16.5. The highest BCUT2D eigenvalue weighted by molar-refractivity contribution is 4.90. The van der Waals surface area contributed by atoms with Crippen molar-refractivity contribution in [3.05, 3.63) is 0 Å². The molecule has 0 spiro atoms. The molecular weight excluding hydrogens is 264 g/mol. The molecule has 2 saturated heterocycles. The molecule has 2 N–H and O–H groups in total. The van der Waals surface area contributed by atoms with Gasteiger partial charge in [-0.05, 0) is 50.5 Å². The van der Waals surface area contributed by atoms with Gasteiger partial charge in [0.25, 0.3) is 0 Å². The molecule has 0 aromatic heterocycles. The second kappa shape index (κ2) is 7.40. The molecular formula is C17H34N2O2. The van der Waals surface area contributed by atoms with E-state index >= 15 is 0 Å². The molecule has 2 rings (SSSR count). The molecule has 124 valence electrons. The van der Waals surface area contributed by atoms with E-state index in [0.29, 0.717) is 11.3 Å². The highest BCUT2D eigenvalue weighted by Crippen LogP contribution is 2.33. The van der Waals surface area contributed by atoms with E-state index in [1.807, 2.05) is 6.92 Å². The van der Waals surface area contributed by atoms with Gasteiger partial charge in [0.1, 0.15) is 0 Å².